The third kappa shape index (κ3) is 6.67. The number of carbonyl (C=O) groups is 2. The molecule has 0 radical (unpaired) electrons. The van der Waals surface area contributed by atoms with Gasteiger partial charge in [-0.25, -0.2) is 0 Å². The Bertz CT molecular complexity index is 580. The maximum atomic E-state index is 11.8. The van der Waals surface area contributed by atoms with Crippen molar-refractivity contribution in [2.75, 3.05) is 13.1 Å². The summed E-state index contributed by atoms with van der Waals surface area (Å²) in [6.45, 7) is 16.6. The summed E-state index contributed by atoms with van der Waals surface area (Å²) in [5, 5.41) is 7.12. The Morgan fingerprint density at radius 2 is 1.18 bits per heavy atom. The van der Waals surface area contributed by atoms with Gasteiger partial charge >= 0.3 is 0 Å². The van der Waals surface area contributed by atoms with Gasteiger partial charge in [-0.05, 0) is 49.1 Å². The van der Waals surface area contributed by atoms with Gasteiger partial charge in [0, 0.05) is 13.1 Å². The van der Waals surface area contributed by atoms with Crippen LogP contribution in [0.15, 0.2) is 25.3 Å². The lowest BCUT2D eigenvalue weighted by Crippen LogP contribution is -2.31. The van der Waals surface area contributed by atoms with Crippen LogP contribution in [0.2, 0.25) is 0 Å². The number of nitrogens with one attached hydrogen (secondary N) is 2. The molecule has 0 saturated carbocycles. The molecular weight excluding hydrogens is 392 g/mol. The molecule has 2 rings (SSSR count). The van der Waals surface area contributed by atoms with E-state index in [-0.39, 0.29) is 23.9 Å². The van der Waals surface area contributed by atoms with Gasteiger partial charge in [-0.1, -0.05) is 39.8 Å². The molecule has 0 aromatic carbocycles. The third-order valence-electron chi connectivity index (χ3n) is 4.25. The van der Waals surface area contributed by atoms with Crippen molar-refractivity contribution in [3.05, 3.63) is 25.3 Å². The third-order valence-corrected chi connectivity index (χ3v) is 4.93. The molecular formula is C20H32N4O2S2. The molecule has 0 aliphatic carbocycles. The van der Waals surface area contributed by atoms with Crippen molar-refractivity contribution >= 4 is 46.5 Å². The molecule has 2 heterocycles. The Hall–Kier alpha value is -1.80. The largest absolute Gasteiger partial charge is 0.350 e. The molecule has 6 nitrogen and oxygen atoms in total. The average molecular weight is 425 g/mol. The maximum Gasteiger partial charge on any atom is 0.251 e. The second-order valence-electron chi connectivity index (χ2n) is 7.74. The average Bonchev–Trinajstić information content (AvgIpc) is 3.00. The number of carbonyl (C=O) groups excluding carboxylic acids is 2. The van der Waals surface area contributed by atoms with Crippen LogP contribution in [0.1, 0.15) is 40.5 Å². The predicted molar refractivity (Wildman–Crippen MR) is 122 cm³/mol. The van der Waals surface area contributed by atoms with Gasteiger partial charge in [-0.3, -0.25) is 19.4 Å². The summed E-state index contributed by atoms with van der Waals surface area (Å²) in [7, 11) is 0. The van der Waals surface area contributed by atoms with Gasteiger partial charge in [0.2, 0.25) is 0 Å². The van der Waals surface area contributed by atoms with E-state index in [4.69, 9.17) is 24.4 Å². The quantitative estimate of drug-likeness (QED) is 0.461. The Labute approximate surface area is 179 Å². The fraction of sp³-hybridized carbons (Fsp3) is 0.600. The van der Waals surface area contributed by atoms with E-state index in [2.05, 4.69) is 51.5 Å². The second-order valence-corrected chi connectivity index (χ2v) is 8.51. The fourth-order valence-corrected chi connectivity index (χ4v) is 3.63. The highest BCUT2D eigenvalue weighted by Gasteiger charge is 2.35. The standard InChI is InChI=1S/2C10H16N2OS/c2*1-4-5-12-9(13)8(6-7(2)3)11-10(12)14/h2*4,7-8H,1,5-6H2,2-3H3,(H,11,14). The van der Waals surface area contributed by atoms with Crippen LogP contribution in [-0.4, -0.2) is 57.0 Å². The zero-order chi connectivity index (χ0) is 21.4. The van der Waals surface area contributed by atoms with Gasteiger partial charge in [-0.15, -0.1) is 13.2 Å². The van der Waals surface area contributed by atoms with E-state index >= 15 is 0 Å². The zero-order valence-electron chi connectivity index (χ0n) is 17.2. The number of thiocarbonyl (C=S) groups is 2. The monoisotopic (exact) mass is 424 g/mol. The van der Waals surface area contributed by atoms with Crippen LogP contribution in [0.4, 0.5) is 0 Å². The zero-order valence-corrected chi connectivity index (χ0v) is 18.9. The molecule has 2 amide bonds. The minimum absolute atomic E-state index is 0.0728. The summed E-state index contributed by atoms with van der Waals surface area (Å²) >= 11 is 10.1. The molecule has 2 aliphatic heterocycles. The van der Waals surface area contributed by atoms with E-state index in [1.807, 2.05) is 0 Å². The predicted octanol–water partition coefficient (Wildman–Crippen LogP) is 2.61. The SMILES string of the molecule is C=CCN1C(=O)C(CC(C)C)NC1=S.C=CCN1C(=O)C(CC(C)C)NC1=S. The summed E-state index contributed by atoms with van der Waals surface area (Å²) in [5.74, 6) is 1.12. The summed E-state index contributed by atoms with van der Waals surface area (Å²) < 4.78 is 0. The number of hydrogen-bond donors (Lipinski definition) is 2. The van der Waals surface area contributed by atoms with Crippen LogP contribution in [0.5, 0.6) is 0 Å². The van der Waals surface area contributed by atoms with Crippen molar-refractivity contribution in [1.29, 1.82) is 0 Å². The lowest BCUT2D eigenvalue weighted by Gasteiger charge is -2.12. The van der Waals surface area contributed by atoms with Crippen molar-refractivity contribution in [1.82, 2.24) is 20.4 Å². The molecule has 0 spiro atoms. The van der Waals surface area contributed by atoms with Crippen LogP contribution in [-0.2, 0) is 9.59 Å². The Kier molecular flexibility index (Phi) is 9.75. The van der Waals surface area contributed by atoms with E-state index < -0.39 is 0 Å². The normalized spacial score (nSPS) is 21.6. The van der Waals surface area contributed by atoms with E-state index in [0.29, 0.717) is 35.2 Å². The van der Waals surface area contributed by atoms with E-state index in [1.165, 1.54) is 0 Å². The molecule has 2 atom stereocenters. The Morgan fingerprint density at radius 3 is 1.43 bits per heavy atom. The number of amides is 2. The lowest BCUT2D eigenvalue weighted by atomic mass is 10.0. The molecule has 2 unspecified atom stereocenters. The highest BCUT2D eigenvalue weighted by atomic mass is 32.1. The van der Waals surface area contributed by atoms with Gasteiger partial charge < -0.3 is 10.6 Å². The topological polar surface area (TPSA) is 64.7 Å². The van der Waals surface area contributed by atoms with Crippen molar-refractivity contribution in [3.8, 4) is 0 Å². The molecule has 2 aliphatic rings. The van der Waals surface area contributed by atoms with E-state index in [0.717, 1.165) is 12.8 Å². The van der Waals surface area contributed by atoms with Gasteiger partial charge in [0.25, 0.3) is 11.8 Å². The first-order valence-corrected chi connectivity index (χ1v) is 10.4. The molecule has 0 aromatic heterocycles. The lowest BCUT2D eigenvalue weighted by molar-refractivity contribution is -0.127. The minimum Gasteiger partial charge on any atom is -0.350 e. The molecule has 28 heavy (non-hydrogen) atoms. The summed E-state index contributed by atoms with van der Waals surface area (Å²) in [6.07, 6.45) is 5.02. The number of hydrogen-bond acceptors (Lipinski definition) is 4. The van der Waals surface area contributed by atoms with Crippen LogP contribution < -0.4 is 10.6 Å². The van der Waals surface area contributed by atoms with Gasteiger partial charge in [0.05, 0.1) is 0 Å². The number of rotatable bonds is 8. The van der Waals surface area contributed by atoms with Gasteiger partial charge in [0.15, 0.2) is 10.2 Å². The van der Waals surface area contributed by atoms with Gasteiger partial charge in [-0.2, -0.15) is 0 Å². The summed E-state index contributed by atoms with van der Waals surface area (Å²) in [5.41, 5.74) is 0. The van der Waals surface area contributed by atoms with Gasteiger partial charge in [0.1, 0.15) is 12.1 Å². The van der Waals surface area contributed by atoms with E-state index in [9.17, 15) is 9.59 Å². The second kappa shape index (κ2) is 11.3. The first kappa shape index (κ1) is 24.2. The number of nitrogens with zero attached hydrogens (tertiary/aromatic N) is 2. The maximum absolute atomic E-state index is 11.8. The summed E-state index contributed by atoms with van der Waals surface area (Å²) in [4.78, 5) is 26.7. The molecule has 0 bridgehead atoms. The van der Waals surface area contributed by atoms with Crippen LogP contribution in [0.25, 0.3) is 0 Å². The van der Waals surface area contributed by atoms with Crippen molar-refractivity contribution in [2.45, 2.75) is 52.6 Å². The highest BCUT2D eigenvalue weighted by molar-refractivity contribution is 7.80. The van der Waals surface area contributed by atoms with Crippen molar-refractivity contribution in [2.24, 2.45) is 11.8 Å². The molecule has 2 N–H and O–H groups in total. The molecule has 8 heteroatoms. The first-order valence-electron chi connectivity index (χ1n) is 9.57. The molecule has 2 fully saturated rings. The van der Waals surface area contributed by atoms with Crippen molar-refractivity contribution in [3.63, 3.8) is 0 Å². The van der Waals surface area contributed by atoms with Crippen molar-refractivity contribution < 1.29 is 9.59 Å². The fourth-order valence-electron chi connectivity index (χ4n) is 3.02. The van der Waals surface area contributed by atoms with Crippen LogP contribution in [0, 0.1) is 11.8 Å². The molecule has 0 aromatic rings. The molecule has 2 saturated heterocycles. The first-order chi connectivity index (χ1) is 13.1. The minimum atomic E-state index is -0.137. The molecule has 156 valence electrons. The Balaban J connectivity index is 0.000000280. The smallest absolute Gasteiger partial charge is 0.251 e. The van der Waals surface area contributed by atoms with E-state index in [1.54, 1.807) is 22.0 Å². The Morgan fingerprint density at radius 1 is 0.857 bits per heavy atom. The highest BCUT2D eigenvalue weighted by Crippen LogP contribution is 2.15. The van der Waals surface area contributed by atoms with Crippen LogP contribution >= 0.6 is 24.4 Å². The summed E-state index contributed by atoms with van der Waals surface area (Å²) in [6, 6.07) is -0.273. The van der Waals surface area contributed by atoms with Crippen LogP contribution in [0.3, 0.4) is 0 Å².